The zero-order valence-corrected chi connectivity index (χ0v) is 16.5. The van der Waals surface area contributed by atoms with Crippen LogP contribution in [-0.2, 0) is 6.54 Å². The van der Waals surface area contributed by atoms with Crippen molar-refractivity contribution in [1.82, 2.24) is 29.9 Å². The van der Waals surface area contributed by atoms with Gasteiger partial charge in [0.2, 0.25) is 0 Å². The summed E-state index contributed by atoms with van der Waals surface area (Å²) in [4.78, 5) is 21.7. The van der Waals surface area contributed by atoms with Crippen LogP contribution in [0.3, 0.4) is 0 Å². The van der Waals surface area contributed by atoms with Gasteiger partial charge in [0, 0.05) is 22.7 Å². The van der Waals surface area contributed by atoms with E-state index in [4.69, 9.17) is 5.73 Å². The molecule has 0 radical (unpaired) electrons. The Bertz CT molecular complexity index is 1170. The van der Waals surface area contributed by atoms with Crippen molar-refractivity contribution in [3.05, 3.63) is 53.6 Å². The number of hydrogen-bond donors (Lipinski definition) is 3. The van der Waals surface area contributed by atoms with Gasteiger partial charge in [0.1, 0.15) is 5.82 Å². The molecule has 1 amide bonds. The number of carbonyl (C=O) groups is 1. The van der Waals surface area contributed by atoms with Gasteiger partial charge in [-0.1, -0.05) is 0 Å². The Hall–Kier alpha value is -3.59. The van der Waals surface area contributed by atoms with E-state index in [9.17, 15) is 4.79 Å². The van der Waals surface area contributed by atoms with Gasteiger partial charge in [-0.25, -0.2) is 14.6 Å². The number of benzene rings is 1. The van der Waals surface area contributed by atoms with Crippen LogP contribution in [-0.4, -0.2) is 35.9 Å². The highest BCUT2D eigenvalue weighted by atomic mass is 16.1. The molecule has 0 atom stereocenters. The third kappa shape index (κ3) is 3.59. The van der Waals surface area contributed by atoms with Crippen molar-refractivity contribution in [1.29, 1.82) is 0 Å². The first-order valence-electron chi connectivity index (χ1n) is 9.34. The molecule has 0 saturated heterocycles. The number of H-pyrrole nitrogens is 1. The highest BCUT2D eigenvalue weighted by Gasteiger charge is 2.15. The minimum Gasteiger partial charge on any atom is -0.324 e. The summed E-state index contributed by atoms with van der Waals surface area (Å²) in [6, 6.07) is 9.34. The van der Waals surface area contributed by atoms with Crippen LogP contribution in [0.25, 0.3) is 22.4 Å². The normalized spacial score (nSPS) is 11.3. The minimum absolute atomic E-state index is 0.197. The van der Waals surface area contributed by atoms with Crippen molar-refractivity contribution < 1.29 is 4.79 Å². The summed E-state index contributed by atoms with van der Waals surface area (Å²) in [7, 11) is 0. The summed E-state index contributed by atoms with van der Waals surface area (Å²) >= 11 is 0. The summed E-state index contributed by atoms with van der Waals surface area (Å²) in [5.74, 6) is 0.970. The van der Waals surface area contributed by atoms with Crippen LogP contribution < -0.4 is 11.1 Å². The van der Waals surface area contributed by atoms with Crippen LogP contribution in [0.2, 0.25) is 0 Å². The molecule has 9 nitrogen and oxygen atoms in total. The Labute approximate surface area is 167 Å². The van der Waals surface area contributed by atoms with Gasteiger partial charge in [0.05, 0.1) is 24.0 Å². The lowest BCUT2D eigenvalue weighted by molar-refractivity contribution is 0.102. The number of rotatable bonds is 5. The van der Waals surface area contributed by atoms with Crippen LogP contribution in [0.15, 0.2) is 36.5 Å². The van der Waals surface area contributed by atoms with Gasteiger partial charge >= 0.3 is 0 Å². The Balaban J connectivity index is 1.55. The molecule has 3 heterocycles. The molecular weight excluding hydrogens is 368 g/mol. The summed E-state index contributed by atoms with van der Waals surface area (Å²) in [6.07, 6.45) is 1.74. The minimum atomic E-state index is -0.217. The molecule has 0 saturated carbocycles. The SMILES string of the molecule is Cc1nc2c(cnn2C(C)C)cc1C(=O)Nc1ccc(-c2n[nH]c(CN)n2)cc1. The van der Waals surface area contributed by atoms with Gasteiger partial charge in [-0.3, -0.25) is 9.89 Å². The standard InChI is InChI=1S/C20H22N8O/c1-11(2)28-19-14(10-22-28)8-16(12(3)23-19)20(29)24-15-6-4-13(5-7-15)18-25-17(9-21)26-27-18/h4-8,10-11H,9,21H2,1-3H3,(H,24,29)(H,25,26,27). The lowest BCUT2D eigenvalue weighted by Crippen LogP contribution is -2.14. The van der Waals surface area contributed by atoms with Crippen molar-refractivity contribution in [3.63, 3.8) is 0 Å². The molecule has 29 heavy (non-hydrogen) atoms. The molecular formula is C20H22N8O. The largest absolute Gasteiger partial charge is 0.324 e. The summed E-state index contributed by atoms with van der Waals surface area (Å²) < 4.78 is 1.85. The molecule has 148 valence electrons. The predicted octanol–water partition coefficient (Wildman–Crippen LogP) is 2.82. The average molecular weight is 390 g/mol. The second-order valence-electron chi connectivity index (χ2n) is 7.06. The fraction of sp³-hybridized carbons (Fsp3) is 0.250. The number of aryl methyl sites for hydroxylation is 1. The molecule has 1 aromatic carbocycles. The van der Waals surface area contributed by atoms with E-state index in [2.05, 4.69) is 30.6 Å². The Morgan fingerprint density at radius 2 is 2.00 bits per heavy atom. The summed E-state index contributed by atoms with van der Waals surface area (Å²) in [6.45, 7) is 6.22. The summed E-state index contributed by atoms with van der Waals surface area (Å²) in [5, 5.41) is 15.0. The third-order valence-corrected chi connectivity index (χ3v) is 4.62. The number of carbonyl (C=O) groups excluding carboxylic acids is 1. The molecule has 9 heteroatoms. The van der Waals surface area contributed by atoms with Crippen LogP contribution in [0, 0.1) is 6.92 Å². The van der Waals surface area contributed by atoms with E-state index in [0.29, 0.717) is 35.1 Å². The smallest absolute Gasteiger partial charge is 0.257 e. The fourth-order valence-electron chi connectivity index (χ4n) is 3.09. The quantitative estimate of drug-likeness (QED) is 0.481. The van der Waals surface area contributed by atoms with Crippen LogP contribution in [0.4, 0.5) is 5.69 Å². The molecule has 0 bridgehead atoms. The monoisotopic (exact) mass is 390 g/mol. The summed E-state index contributed by atoms with van der Waals surface area (Å²) in [5.41, 5.74) is 9.01. The molecule has 0 fully saturated rings. The Kier molecular flexibility index (Phi) is 4.81. The fourth-order valence-corrected chi connectivity index (χ4v) is 3.09. The van der Waals surface area contributed by atoms with Crippen LogP contribution >= 0.6 is 0 Å². The molecule has 4 rings (SSSR count). The van der Waals surface area contributed by atoms with Gasteiger partial charge < -0.3 is 11.1 Å². The van der Waals surface area contributed by atoms with Crippen LogP contribution in [0.1, 0.15) is 41.8 Å². The molecule has 0 unspecified atom stereocenters. The van der Waals surface area contributed by atoms with Crippen molar-refractivity contribution in [3.8, 4) is 11.4 Å². The van der Waals surface area contributed by atoms with Crippen LogP contribution in [0.5, 0.6) is 0 Å². The molecule has 0 aliphatic carbocycles. The van der Waals surface area contributed by atoms with E-state index in [1.807, 2.05) is 55.8 Å². The van der Waals surface area contributed by atoms with E-state index in [-0.39, 0.29) is 11.9 Å². The van der Waals surface area contributed by atoms with E-state index in [1.165, 1.54) is 0 Å². The molecule has 4 aromatic rings. The number of aromatic amines is 1. The first kappa shape index (κ1) is 18.8. The van der Waals surface area contributed by atoms with E-state index >= 15 is 0 Å². The number of amides is 1. The molecule has 0 aliphatic rings. The number of fused-ring (bicyclic) bond motifs is 1. The Morgan fingerprint density at radius 1 is 1.24 bits per heavy atom. The Morgan fingerprint density at radius 3 is 2.66 bits per heavy atom. The molecule has 4 N–H and O–H groups in total. The number of nitrogens with two attached hydrogens (primary N) is 1. The van der Waals surface area contributed by atoms with E-state index in [1.54, 1.807) is 6.20 Å². The highest BCUT2D eigenvalue weighted by Crippen LogP contribution is 2.22. The van der Waals surface area contributed by atoms with E-state index in [0.717, 1.165) is 16.6 Å². The zero-order chi connectivity index (χ0) is 20.5. The first-order chi connectivity index (χ1) is 14.0. The number of nitrogens with one attached hydrogen (secondary N) is 2. The maximum Gasteiger partial charge on any atom is 0.257 e. The molecule has 0 aliphatic heterocycles. The average Bonchev–Trinajstić information content (AvgIpc) is 3.34. The highest BCUT2D eigenvalue weighted by molar-refractivity contribution is 6.06. The molecule has 3 aromatic heterocycles. The van der Waals surface area contributed by atoms with Gasteiger partial charge in [-0.05, 0) is 51.1 Å². The van der Waals surface area contributed by atoms with Gasteiger partial charge in [0.25, 0.3) is 5.91 Å². The number of pyridine rings is 1. The topological polar surface area (TPSA) is 127 Å². The number of aromatic nitrogens is 6. The number of anilines is 1. The predicted molar refractivity (Wildman–Crippen MR) is 110 cm³/mol. The second-order valence-corrected chi connectivity index (χ2v) is 7.06. The maximum absolute atomic E-state index is 12.8. The van der Waals surface area contributed by atoms with E-state index < -0.39 is 0 Å². The van der Waals surface area contributed by atoms with Crippen molar-refractivity contribution in [2.45, 2.75) is 33.4 Å². The third-order valence-electron chi connectivity index (χ3n) is 4.62. The maximum atomic E-state index is 12.8. The van der Waals surface area contributed by atoms with Crippen molar-refractivity contribution in [2.75, 3.05) is 5.32 Å². The molecule has 0 spiro atoms. The lowest BCUT2D eigenvalue weighted by atomic mass is 10.1. The number of hydrogen-bond acceptors (Lipinski definition) is 6. The lowest BCUT2D eigenvalue weighted by Gasteiger charge is -2.10. The van der Waals surface area contributed by atoms with Gasteiger partial charge in [-0.2, -0.15) is 10.2 Å². The number of nitrogens with zero attached hydrogens (tertiary/aromatic N) is 5. The zero-order valence-electron chi connectivity index (χ0n) is 16.5. The van der Waals surface area contributed by atoms with Crippen molar-refractivity contribution in [2.24, 2.45) is 5.73 Å². The van der Waals surface area contributed by atoms with Gasteiger partial charge in [-0.15, -0.1) is 0 Å². The first-order valence-corrected chi connectivity index (χ1v) is 9.34. The second kappa shape index (κ2) is 7.44. The van der Waals surface area contributed by atoms with Gasteiger partial charge in [0.15, 0.2) is 11.5 Å². The van der Waals surface area contributed by atoms with Crippen molar-refractivity contribution >= 4 is 22.6 Å².